The van der Waals surface area contributed by atoms with Crippen molar-refractivity contribution in [2.45, 2.75) is 46.2 Å². The summed E-state index contributed by atoms with van der Waals surface area (Å²) >= 11 is 0. The second-order valence-corrected chi connectivity index (χ2v) is 9.58. The fourth-order valence-corrected chi connectivity index (χ4v) is 4.68. The monoisotopic (exact) mass is 463 g/mol. The third-order valence-electron chi connectivity index (χ3n) is 6.87. The maximum Gasteiger partial charge on any atom is 0.137 e. The number of nitrogens with zero attached hydrogens (tertiary/aromatic N) is 5. The van der Waals surface area contributed by atoms with Crippen LogP contribution in [0.15, 0.2) is 54.6 Å². The Hall–Kier alpha value is -2.70. The summed E-state index contributed by atoms with van der Waals surface area (Å²) in [5.74, 6) is 0.946. The Morgan fingerprint density at radius 1 is 0.971 bits per heavy atom. The molecule has 3 aromatic rings. The first-order valence-electron chi connectivity index (χ1n) is 12.5. The van der Waals surface area contributed by atoms with Gasteiger partial charge in [-0.25, -0.2) is 9.07 Å². The molecule has 0 unspecified atom stereocenters. The van der Waals surface area contributed by atoms with Crippen molar-refractivity contribution in [1.29, 1.82) is 0 Å². The standard InChI is InChI=1S/C28H38FN5/c1-5-27-26(21-33(22(2)3)16-15-23-9-7-6-8-10-23)28(32-19-17-31(4)18-20-32)34(30-27)25-13-11-24(29)12-14-25/h6-14,22H,5,15-21H2,1-4H3. The molecule has 5 nitrogen and oxygen atoms in total. The van der Waals surface area contributed by atoms with Gasteiger partial charge in [0.25, 0.3) is 0 Å². The molecule has 4 rings (SSSR count). The van der Waals surface area contributed by atoms with E-state index in [1.54, 1.807) is 0 Å². The maximum atomic E-state index is 13.7. The summed E-state index contributed by atoms with van der Waals surface area (Å²) in [6.07, 6.45) is 1.89. The average Bonchev–Trinajstić information content (AvgIpc) is 3.21. The van der Waals surface area contributed by atoms with E-state index in [0.29, 0.717) is 6.04 Å². The van der Waals surface area contributed by atoms with Crippen LogP contribution in [0.5, 0.6) is 0 Å². The molecular formula is C28H38FN5. The van der Waals surface area contributed by atoms with E-state index < -0.39 is 0 Å². The lowest BCUT2D eigenvalue weighted by molar-refractivity contribution is 0.215. The second-order valence-electron chi connectivity index (χ2n) is 9.58. The Bertz CT molecular complexity index is 1040. The summed E-state index contributed by atoms with van der Waals surface area (Å²) in [6, 6.07) is 17.8. The van der Waals surface area contributed by atoms with Crippen LogP contribution in [0.2, 0.25) is 0 Å². The van der Waals surface area contributed by atoms with Gasteiger partial charge in [-0.2, -0.15) is 5.10 Å². The topological polar surface area (TPSA) is 27.5 Å². The van der Waals surface area contributed by atoms with Crippen LogP contribution >= 0.6 is 0 Å². The number of halogens is 1. The zero-order chi connectivity index (χ0) is 24.1. The molecule has 0 bridgehead atoms. The van der Waals surface area contributed by atoms with E-state index in [-0.39, 0.29) is 5.82 Å². The van der Waals surface area contributed by atoms with Gasteiger partial charge in [-0.3, -0.25) is 4.90 Å². The summed E-state index contributed by atoms with van der Waals surface area (Å²) in [4.78, 5) is 7.40. The van der Waals surface area contributed by atoms with E-state index in [4.69, 9.17) is 5.10 Å². The molecular weight excluding hydrogens is 425 g/mol. The van der Waals surface area contributed by atoms with E-state index >= 15 is 0 Å². The molecule has 0 radical (unpaired) electrons. The van der Waals surface area contributed by atoms with Gasteiger partial charge in [0.2, 0.25) is 0 Å². The molecule has 1 fully saturated rings. The second kappa shape index (κ2) is 11.2. The van der Waals surface area contributed by atoms with E-state index in [1.807, 2.05) is 12.1 Å². The highest BCUT2D eigenvalue weighted by atomic mass is 19.1. The maximum absolute atomic E-state index is 13.7. The Balaban J connectivity index is 1.69. The highest BCUT2D eigenvalue weighted by Gasteiger charge is 2.27. The van der Waals surface area contributed by atoms with Crippen LogP contribution in [0.1, 0.15) is 37.6 Å². The van der Waals surface area contributed by atoms with Gasteiger partial charge in [0, 0.05) is 50.9 Å². The quantitative estimate of drug-likeness (QED) is 0.457. The molecule has 1 saturated heterocycles. The largest absolute Gasteiger partial charge is 0.354 e. The summed E-state index contributed by atoms with van der Waals surface area (Å²) in [5, 5.41) is 5.07. The number of benzene rings is 2. The van der Waals surface area contributed by atoms with Gasteiger partial charge in [0.1, 0.15) is 11.6 Å². The number of piperazine rings is 1. The lowest BCUT2D eigenvalue weighted by atomic mass is 10.1. The van der Waals surface area contributed by atoms with Crippen molar-refractivity contribution in [3.8, 4) is 5.69 Å². The number of aryl methyl sites for hydroxylation is 1. The molecule has 1 aromatic heterocycles. The van der Waals surface area contributed by atoms with Gasteiger partial charge in [-0.15, -0.1) is 0 Å². The van der Waals surface area contributed by atoms with Crippen LogP contribution in [0.4, 0.5) is 10.2 Å². The van der Waals surface area contributed by atoms with Crippen LogP contribution in [0.3, 0.4) is 0 Å². The summed E-state index contributed by atoms with van der Waals surface area (Å²) in [6.45, 7) is 12.6. The number of likely N-dealkylation sites (N-methyl/N-ethyl adjacent to an activating group) is 1. The van der Waals surface area contributed by atoms with E-state index in [9.17, 15) is 4.39 Å². The van der Waals surface area contributed by atoms with E-state index in [0.717, 1.165) is 63.5 Å². The van der Waals surface area contributed by atoms with Crippen LogP contribution in [0.25, 0.3) is 5.69 Å². The summed E-state index contributed by atoms with van der Waals surface area (Å²) in [5.41, 5.74) is 4.71. The minimum absolute atomic E-state index is 0.222. The summed E-state index contributed by atoms with van der Waals surface area (Å²) in [7, 11) is 2.18. The predicted octanol–water partition coefficient (Wildman–Crippen LogP) is 4.78. The van der Waals surface area contributed by atoms with E-state index in [1.165, 1.54) is 29.1 Å². The van der Waals surface area contributed by atoms with E-state index in [2.05, 4.69) is 77.5 Å². The number of hydrogen-bond donors (Lipinski definition) is 0. The lowest BCUT2D eigenvalue weighted by Gasteiger charge is -2.35. The van der Waals surface area contributed by atoms with Crippen LogP contribution in [0, 0.1) is 5.82 Å². The highest BCUT2D eigenvalue weighted by molar-refractivity contribution is 5.56. The van der Waals surface area contributed by atoms with Crippen molar-refractivity contribution >= 4 is 5.82 Å². The van der Waals surface area contributed by atoms with Gasteiger partial charge < -0.3 is 9.80 Å². The first-order chi connectivity index (χ1) is 16.5. The first kappa shape index (κ1) is 24.4. The number of hydrogen-bond acceptors (Lipinski definition) is 4. The number of aromatic nitrogens is 2. The minimum Gasteiger partial charge on any atom is -0.354 e. The Morgan fingerprint density at radius 3 is 2.26 bits per heavy atom. The third kappa shape index (κ3) is 5.68. The molecule has 0 atom stereocenters. The van der Waals surface area contributed by atoms with Gasteiger partial charge in [-0.1, -0.05) is 37.3 Å². The Morgan fingerprint density at radius 2 is 1.65 bits per heavy atom. The Kier molecular flexibility index (Phi) is 8.01. The van der Waals surface area contributed by atoms with Crippen molar-refractivity contribution in [3.63, 3.8) is 0 Å². The van der Waals surface area contributed by atoms with Gasteiger partial charge in [0.05, 0.1) is 11.4 Å². The van der Waals surface area contributed by atoms with Gasteiger partial charge in [0.15, 0.2) is 0 Å². The molecule has 0 saturated carbocycles. The molecule has 34 heavy (non-hydrogen) atoms. The summed E-state index contributed by atoms with van der Waals surface area (Å²) < 4.78 is 15.7. The molecule has 0 amide bonds. The average molecular weight is 464 g/mol. The van der Waals surface area contributed by atoms with Crippen molar-refractivity contribution in [2.75, 3.05) is 44.7 Å². The molecule has 6 heteroatoms. The SMILES string of the molecule is CCc1nn(-c2ccc(F)cc2)c(N2CCN(C)CC2)c1CN(CCc1ccccc1)C(C)C. The highest BCUT2D eigenvalue weighted by Crippen LogP contribution is 2.31. The Labute approximate surface area is 203 Å². The number of rotatable bonds is 9. The molecule has 0 spiro atoms. The van der Waals surface area contributed by atoms with Crippen molar-refractivity contribution in [2.24, 2.45) is 0 Å². The molecule has 0 N–H and O–H groups in total. The molecule has 2 aromatic carbocycles. The third-order valence-corrected chi connectivity index (χ3v) is 6.87. The van der Waals surface area contributed by atoms with Crippen LogP contribution in [-0.4, -0.2) is 65.4 Å². The van der Waals surface area contributed by atoms with Crippen LogP contribution in [-0.2, 0) is 19.4 Å². The molecule has 2 heterocycles. The molecule has 182 valence electrons. The smallest absolute Gasteiger partial charge is 0.137 e. The zero-order valence-corrected chi connectivity index (χ0v) is 21.0. The predicted molar refractivity (Wildman–Crippen MR) is 138 cm³/mol. The molecule has 1 aliphatic rings. The van der Waals surface area contributed by atoms with Crippen molar-refractivity contribution in [3.05, 3.63) is 77.2 Å². The van der Waals surface area contributed by atoms with Crippen molar-refractivity contribution in [1.82, 2.24) is 19.6 Å². The fourth-order valence-electron chi connectivity index (χ4n) is 4.68. The minimum atomic E-state index is -0.222. The first-order valence-corrected chi connectivity index (χ1v) is 12.5. The fraction of sp³-hybridized carbons (Fsp3) is 0.464. The van der Waals surface area contributed by atoms with Crippen molar-refractivity contribution < 1.29 is 4.39 Å². The normalized spacial score (nSPS) is 15.0. The van der Waals surface area contributed by atoms with Gasteiger partial charge in [-0.05, 0) is 63.6 Å². The molecule has 0 aliphatic carbocycles. The van der Waals surface area contributed by atoms with Gasteiger partial charge >= 0.3 is 0 Å². The molecule has 1 aliphatic heterocycles. The lowest BCUT2D eigenvalue weighted by Crippen LogP contribution is -2.45. The zero-order valence-electron chi connectivity index (χ0n) is 21.0. The van der Waals surface area contributed by atoms with Crippen LogP contribution < -0.4 is 4.90 Å². The number of anilines is 1.